The fraction of sp³-hybridized carbons (Fsp3) is 0.421. The number of azide groups is 1. The Kier molecular flexibility index (Phi) is 9.16. The highest BCUT2D eigenvalue weighted by molar-refractivity contribution is 7.50. The molecular formula is C19H20F3N6O12P. The molecule has 3 rings (SSSR count). The minimum absolute atomic E-state index is 0.333. The van der Waals surface area contributed by atoms with Gasteiger partial charge in [0.05, 0.1) is 5.56 Å². The minimum atomic E-state index is -5.02. The van der Waals surface area contributed by atoms with Gasteiger partial charge in [0.1, 0.15) is 24.9 Å². The molecule has 0 bridgehead atoms. The van der Waals surface area contributed by atoms with E-state index in [4.69, 9.17) is 20.1 Å². The minimum Gasteiger partial charge on any atom is -0.486 e. The van der Waals surface area contributed by atoms with E-state index in [0.717, 1.165) is 19.2 Å². The van der Waals surface area contributed by atoms with Crippen LogP contribution in [0.5, 0.6) is 11.5 Å². The van der Waals surface area contributed by atoms with Crippen LogP contribution < -0.4 is 26.0 Å². The summed E-state index contributed by atoms with van der Waals surface area (Å²) in [7, 11) is -5.02. The molecule has 1 unspecified atom stereocenters. The molecule has 6 atom stereocenters. The lowest BCUT2D eigenvalue weighted by Gasteiger charge is -2.27. The van der Waals surface area contributed by atoms with Crippen molar-refractivity contribution in [2.24, 2.45) is 5.11 Å². The largest absolute Gasteiger partial charge is 0.486 e. The van der Waals surface area contributed by atoms with Crippen LogP contribution in [-0.4, -0.2) is 66.3 Å². The number of nitrogens with one attached hydrogen (secondary N) is 2. The van der Waals surface area contributed by atoms with Crippen LogP contribution in [0.4, 0.5) is 13.2 Å². The van der Waals surface area contributed by atoms with E-state index in [-0.39, 0.29) is 0 Å². The zero-order valence-electron chi connectivity index (χ0n) is 20.3. The lowest BCUT2D eigenvalue weighted by Crippen LogP contribution is -2.46. The zero-order valence-corrected chi connectivity index (χ0v) is 21.2. The summed E-state index contributed by atoms with van der Waals surface area (Å²) >= 11 is 0. The number of aromatic nitrogens is 2. The summed E-state index contributed by atoms with van der Waals surface area (Å²) < 4.78 is 67.7. The van der Waals surface area contributed by atoms with Crippen LogP contribution in [0.2, 0.25) is 0 Å². The molecule has 1 aliphatic heterocycles. The van der Waals surface area contributed by atoms with Gasteiger partial charge in [0.25, 0.3) is 5.56 Å². The first-order valence-electron chi connectivity index (χ1n) is 10.9. The number of H-pyrrole nitrogens is 1. The highest BCUT2D eigenvalue weighted by Gasteiger charge is 2.56. The van der Waals surface area contributed by atoms with Gasteiger partial charge in [-0.3, -0.25) is 19.1 Å². The number of aliphatic hydroxyl groups is 2. The van der Waals surface area contributed by atoms with E-state index in [0.29, 0.717) is 22.8 Å². The van der Waals surface area contributed by atoms with E-state index in [1.54, 1.807) is 5.09 Å². The number of aliphatic carboxylic acids is 1. The first kappa shape index (κ1) is 31.6. The molecule has 224 valence electrons. The summed E-state index contributed by atoms with van der Waals surface area (Å²) in [6, 6.07) is 0.652. The summed E-state index contributed by atoms with van der Waals surface area (Å²) in [6.45, 7) is -0.168. The van der Waals surface area contributed by atoms with Gasteiger partial charge in [-0.2, -0.15) is 13.2 Å². The maximum Gasteiger partial charge on any atom is 0.440 e. The van der Waals surface area contributed by atoms with Crippen LogP contribution >= 0.6 is 7.75 Å². The van der Waals surface area contributed by atoms with Gasteiger partial charge < -0.3 is 34.6 Å². The Morgan fingerprint density at radius 3 is 2.61 bits per heavy atom. The van der Waals surface area contributed by atoms with Crippen molar-refractivity contribution in [2.45, 2.75) is 43.3 Å². The summed E-state index contributed by atoms with van der Waals surface area (Å²) in [4.78, 5) is 53.1. The highest BCUT2D eigenvalue weighted by Crippen LogP contribution is 2.43. The molecule has 1 aromatic carbocycles. The van der Waals surface area contributed by atoms with E-state index >= 15 is 0 Å². The first-order valence-corrected chi connectivity index (χ1v) is 12.5. The van der Waals surface area contributed by atoms with E-state index < -0.39 is 85.0 Å². The number of carboxylic acids is 1. The van der Waals surface area contributed by atoms with Crippen molar-refractivity contribution < 1.29 is 61.8 Å². The number of aliphatic hydroxyl groups excluding tert-OH is 2. The third kappa shape index (κ3) is 7.23. The molecule has 0 aliphatic carbocycles. The Morgan fingerprint density at radius 1 is 1.34 bits per heavy atom. The van der Waals surface area contributed by atoms with Crippen molar-refractivity contribution in [3.63, 3.8) is 0 Å². The average Bonchev–Trinajstić information content (AvgIpc) is 3.11. The molecule has 2 aromatic rings. The second-order valence-corrected chi connectivity index (χ2v) is 9.76. The summed E-state index contributed by atoms with van der Waals surface area (Å²) in [5.74, 6) is -3.22. The molecule has 0 saturated carbocycles. The Hall–Kier alpha value is -3.94. The van der Waals surface area contributed by atoms with Crippen molar-refractivity contribution in [1.82, 2.24) is 14.6 Å². The van der Waals surface area contributed by atoms with Gasteiger partial charge >= 0.3 is 25.6 Å². The number of hydrogen-bond donors (Lipinski definition) is 6. The van der Waals surface area contributed by atoms with Crippen molar-refractivity contribution >= 4 is 13.7 Å². The number of carbonyl (C=O) groups is 1. The van der Waals surface area contributed by atoms with Crippen molar-refractivity contribution in [2.75, 3.05) is 6.61 Å². The lowest BCUT2D eigenvalue weighted by atomic mass is 10.1. The Morgan fingerprint density at radius 2 is 2.02 bits per heavy atom. The summed E-state index contributed by atoms with van der Waals surface area (Å²) in [5.41, 5.74) is 3.21. The van der Waals surface area contributed by atoms with Crippen LogP contribution in [0.1, 0.15) is 18.7 Å². The number of carboxylic acid groups (broad SMARTS) is 1. The SMILES string of the molecule is C[C@H](NP(=O)(O)OOc1ccc(C(F)(F)F)cc1OC[C@@]1(N=[N+]=[N-])O[C@@H](n2ccc(=O)[nH]c2=O)[C@H](O)[C@@H]1O)C(=O)O. The van der Waals surface area contributed by atoms with Crippen molar-refractivity contribution in [3.05, 3.63) is 67.3 Å². The quantitative estimate of drug-likeness (QED) is 0.0500. The number of benzene rings is 1. The van der Waals surface area contributed by atoms with Gasteiger partial charge in [-0.25, -0.2) is 14.4 Å². The maximum atomic E-state index is 13.3. The fourth-order valence-corrected chi connectivity index (χ4v) is 4.21. The van der Waals surface area contributed by atoms with Crippen LogP contribution in [-0.2, 0) is 24.9 Å². The predicted octanol–water partition coefficient (Wildman–Crippen LogP) is 0.365. The third-order valence-electron chi connectivity index (χ3n) is 5.40. The van der Waals surface area contributed by atoms with Crippen LogP contribution in [0.25, 0.3) is 10.4 Å². The third-order valence-corrected chi connectivity index (χ3v) is 6.39. The van der Waals surface area contributed by atoms with E-state index in [1.165, 1.54) is 0 Å². The van der Waals surface area contributed by atoms with Crippen LogP contribution in [0, 0.1) is 0 Å². The molecule has 2 heterocycles. The number of halogens is 3. The van der Waals surface area contributed by atoms with Gasteiger partial charge in [0, 0.05) is 17.2 Å². The molecule has 0 spiro atoms. The molecule has 1 aliphatic rings. The second kappa shape index (κ2) is 11.9. The molecule has 18 nitrogen and oxygen atoms in total. The van der Waals surface area contributed by atoms with Gasteiger partial charge in [0.2, 0.25) is 11.5 Å². The number of rotatable bonds is 11. The van der Waals surface area contributed by atoms with Gasteiger partial charge in [-0.05, 0) is 30.7 Å². The topological polar surface area (TPSA) is 268 Å². The maximum absolute atomic E-state index is 13.3. The van der Waals surface area contributed by atoms with Gasteiger partial charge in [0.15, 0.2) is 12.0 Å². The number of hydrogen-bond acceptors (Lipinski definition) is 11. The fourth-order valence-electron chi connectivity index (χ4n) is 3.39. The second-order valence-electron chi connectivity index (χ2n) is 8.31. The number of alkyl halides is 3. The summed E-state index contributed by atoms with van der Waals surface area (Å²) in [5, 5.41) is 34.9. The average molecular weight is 612 g/mol. The molecule has 1 saturated heterocycles. The normalized spacial score (nSPS) is 24.6. The Bertz CT molecular complexity index is 1510. The molecule has 41 heavy (non-hydrogen) atoms. The van der Waals surface area contributed by atoms with E-state index in [1.807, 2.05) is 4.98 Å². The molecule has 0 amide bonds. The monoisotopic (exact) mass is 612 g/mol. The van der Waals surface area contributed by atoms with E-state index in [2.05, 4.69) is 19.6 Å². The lowest BCUT2D eigenvalue weighted by molar-refractivity contribution is -0.139. The highest BCUT2D eigenvalue weighted by atomic mass is 31.2. The first-order chi connectivity index (χ1) is 19.0. The van der Waals surface area contributed by atoms with Gasteiger partial charge in [-0.15, -0.1) is 0 Å². The van der Waals surface area contributed by atoms with Crippen LogP contribution in [0.3, 0.4) is 0 Å². The van der Waals surface area contributed by atoms with Crippen molar-refractivity contribution in [1.29, 1.82) is 0 Å². The Labute approximate surface area is 224 Å². The standard InChI is InChI=1S/C19H20F3N6O12P/c1-8(16(32)33)25-41(35,36)40-39-10-3-2-9(19(20,21)22)6-11(10)37-7-18(26-27-23)14(31)13(30)15(38-18)28-5-4-12(29)24-17(28)34/h2-6,8,13-15,30-31H,7H2,1H3,(H,32,33)(H,24,29,34)(H2,25,35,36)/t8-,13+,14-,15+,18+/m0/s1. The Balaban J connectivity index is 1.93. The van der Waals surface area contributed by atoms with E-state index in [9.17, 15) is 47.2 Å². The molecule has 0 radical (unpaired) electrons. The number of aromatic amines is 1. The molecule has 22 heteroatoms. The predicted molar refractivity (Wildman–Crippen MR) is 124 cm³/mol. The number of nitrogens with zero attached hydrogens (tertiary/aromatic N) is 4. The molecule has 1 fully saturated rings. The smallest absolute Gasteiger partial charge is 0.440 e. The molecule has 6 N–H and O–H groups in total. The summed E-state index contributed by atoms with van der Waals surface area (Å²) in [6.07, 6.45) is -10.0. The zero-order chi connectivity index (χ0) is 30.8. The van der Waals surface area contributed by atoms with Crippen LogP contribution in [0.15, 0.2) is 45.2 Å². The molecule has 1 aromatic heterocycles. The van der Waals surface area contributed by atoms with Gasteiger partial charge in [-0.1, -0.05) is 9.79 Å². The van der Waals surface area contributed by atoms with Crippen molar-refractivity contribution in [3.8, 4) is 11.5 Å². The number of ether oxygens (including phenoxy) is 2. The molecular weight excluding hydrogens is 592 g/mol.